The Balaban J connectivity index is 2.30. The summed E-state index contributed by atoms with van der Waals surface area (Å²) < 4.78 is 28.7. The number of anilines is 1. The van der Waals surface area contributed by atoms with Gasteiger partial charge in [0.05, 0.1) is 9.35 Å². The van der Waals surface area contributed by atoms with Crippen LogP contribution in [-0.4, -0.2) is 18.1 Å². The van der Waals surface area contributed by atoms with Gasteiger partial charge in [0, 0.05) is 13.6 Å². The molecule has 0 aliphatic heterocycles. The number of nitrogens with zero attached hydrogens (tertiary/aromatic N) is 1. The summed E-state index contributed by atoms with van der Waals surface area (Å²) in [7, 11) is 1.55. The van der Waals surface area contributed by atoms with Gasteiger partial charge in [-0.15, -0.1) is 11.3 Å². The maximum absolute atomic E-state index is 13.9. The SMILES string of the molecule is CN(Cc1csc(Br)c1)c1c(F)cc(C(=O)O)cc1F. The standard InChI is InChI=1S/C13H10BrF2NO2S/c1-17(5-7-2-11(14)20-6-7)12-9(15)3-8(13(18)19)4-10(12)16/h2-4,6H,5H2,1H3,(H,18,19). The van der Waals surface area contributed by atoms with Crippen LogP contribution in [0.3, 0.4) is 0 Å². The fraction of sp³-hybridized carbons (Fsp3) is 0.154. The van der Waals surface area contributed by atoms with Gasteiger partial charge in [0.15, 0.2) is 0 Å². The summed E-state index contributed by atoms with van der Waals surface area (Å²) in [6, 6.07) is 3.50. The normalized spacial score (nSPS) is 10.6. The Labute approximate surface area is 126 Å². The zero-order valence-electron chi connectivity index (χ0n) is 10.4. The average molecular weight is 362 g/mol. The molecule has 0 aliphatic carbocycles. The maximum atomic E-state index is 13.9. The van der Waals surface area contributed by atoms with Crippen LogP contribution in [0.1, 0.15) is 15.9 Å². The maximum Gasteiger partial charge on any atom is 0.335 e. The van der Waals surface area contributed by atoms with Gasteiger partial charge in [-0.25, -0.2) is 13.6 Å². The molecule has 0 amide bonds. The molecule has 0 saturated heterocycles. The van der Waals surface area contributed by atoms with Crippen molar-refractivity contribution < 1.29 is 18.7 Å². The molecule has 2 rings (SSSR count). The molecule has 0 bridgehead atoms. The van der Waals surface area contributed by atoms with E-state index in [0.29, 0.717) is 6.54 Å². The lowest BCUT2D eigenvalue weighted by molar-refractivity contribution is 0.0695. The number of thiophene rings is 1. The van der Waals surface area contributed by atoms with E-state index in [0.717, 1.165) is 21.5 Å². The molecule has 2 aromatic rings. The summed E-state index contributed by atoms with van der Waals surface area (Å²) in [5, 5.41) is 10.6. The van der Waals surface area contributed by atoms with Crippen molar-refractivity contribution in [3.63, 3.8) is 0 Å². The van der Waals surface area contributed by atoms with Crippen molar-refractivity contribution in [1.29, 1.82) is 0 Å². The third-order valence-corrected chi connectivity index (χ3v) is 4.24. The van der Waals surface area contributed by atoms with Gasteiger partial charge in [-0.1, -0.05) is 0 Å². The molecule has 0 aliphatic rings. The minimum atomic E-state index is -1.36. The topological polar surface area (TPSA) is 40.5 Å². The largest absolute Gasteiger partial charge is 0.478 e. The molecule has 106 valence electrons. The Morgan fingerprint density at radius 2 is 1.95 bits per heavy atom. The van der Waals surface area contributed by atoms with Gasteiger partial charge in [0.25, 0.3) is 0 Å². The number of carbonyl (C=O) groups is 1. The second kappa shape index (κ2) is 5.88. The molecule has 0 spiro atoms. The van der Waals surface area contributed by atoms with Crippen LogP contribution in [0.15, 0.2) is 27.4 Å². The second-order valence-corrected chi connectivity index (χ2v) is 6.50. The van der Waals surface area contributed by atoms with E-state index >= 15 is 0 Å². The minimum Gasteiger partial charge on any atom is -0.478 e. The number of hydrogen-bond donors (Lipinski definition) is 1. The van der Waals surface area contributed by atoms with Crippen molar-refractivity contribution in [2.75, 3.05) is 11.9 Å². The van der Waals surface area contributed by atoms with Crippen LogP contribution < -0.4 is 4.90 Å². The molecule has 3 nitrogen and oxygen atoms in total. The Morgan fingerprint density at radius 3 is 2.40 bits per heavy atom. The fourth-order valence-corrected chi connectivity index (χ4v) is 3.04. The van der Waals surface area contributed by atoms with E-state index < -0.39 is 23.2 Å². The van der Waals surface area contributed by atoms with E-state index in [-0.39, 0.29) is 5.69 Å². The Morgan fingerprint density at radius 1 is 1.35 bits per heavy atom. The van der Waals surface area contributed by atoms with Crippen LogP contribution in [0.4, 0.5) is 14.5 Å². The first-order valence-corrected chi connectivity index (χ1v) is 7.22. The molecular formula is C13H10BrF2NO2S. The molecule has 1 heterocycles. The molecular weight excluding hydrogens is 352 g/mol. The van der Waals surface area contributed by atoms with Gasteiger partial charge in [0.1, 0.15) is 17.3 Å². The molecule has 0 fully saturated rings. The smallest absolute Gasteiger partial charge is 0.335 e. The van der Waals surface area contributed by atoms with Gasteiger partial charge in [0.2, 0.25) is 0 Å². The quantitative estimate of drug-likeness (QED) is 0.890. The number of halogens is 3. The molecule has 1 aromatic carbocycles. The van der Waals surface area contributed by atoms with Gasteiger partial charge in [-0.2, -0.15) is 0 Å². The highest BCUT2D eigenvalue weighted by molar-refractivity contribution is 9.11. The molecule has 1 N–H and O–H groups in total. The van der Waals surface area contributed by atoms with Gasteiger partial charge >= 0.3 is 5.97 Å². The first-order chi connectivity index (χ1) is 9.38. The highest BCUT2D eigenvalue weighted by Gasteiger charge is 2.18. The van der Waals surface area contributed by atoms with Gasteiger partial charge < -0.3 is 10.0 Å². The molecule has 0 unspecified atom stereocenters. The summed E-state index contributed by atoms with van der Waals surface area (Å²) >= 11 is 4.80. The number of rotatable bonds is 4. The van der Waals surface area contributed by atoms with Crippen LogP contribution in [0.25, 0.3) is 0 Å². The van der Waals surface area contributed by atoms with Crippen LogP contribution in [0, 0.1) is 11.6 Å². The van der Waals surface area contributed by atoms with E-state index in [2.05, 4.69) is 15.9 Å². The molecule has 0 radical (unpaired) electrons. The van der Waals surface area contributed by atoms with Crippen molar-refractivity contribution in [1.82, 2.24) is 0 Å². The van der Waals surface area contributed by atoms with Crippen LogP contribution in [0.5, 0.6) is 0 Å². The third kappa shape index (κ3) is 3.16. The lowest BCUT2D eigenvalue weighted by Crippen LogP contribution is -2.19. The monoisotopic (exact) mass is 361 g/mol. The third-order valence-electron chi connectivity index (χ3n) is 2.69. The van der Waals surface area contributed by atoms with Crippen molar-refractivity contribution in [3.8, 4) is 0 Å². The van der Waals surface area contributed by atoms with E-state index in [1.54, 1.807) is 7.05 Å². The summed E-state index contributed by atoms with van der Waals surface area (Å²) in [6.45, 7) is 0.322. The van der Waals surface area contributed by atoms with E-state index in [1.165, 1.54) is 16.2 Å². The fourth-order valence-electron chi connectivity index (χ4n) is 1.84. The number of aromatic carboxylic acids is 1. The molecule has 1 aromatic heterocycles. The Kier molecular flexibility index (Phi) is 4.39. The average Bonchev–Trinajstić information content (AvgIpc) is 2.73. The van der Waals surface area contributed by atoms with E-state index in [9.17, 15) is 13.6 Å². The summed E-state index contributed by atoms with van der Waals surface area (Å²) in [5.41, 5.74) is 0.262. The first kappa shape index (κ1) is 14.9. The van der Waals surface area contributed by atoms with E-state index in [4.69, 9.17) is 5.11 Å². The van der Waals surface area contributed by atoms with Gasteiger partial charge in [-0.05, 0) is 45.1 Å². The number of carboxylic acids is 1. The molecule has 20 heavy (non-hydrogen) atoms. The molecule has 0 saturated carbocycles. The highest BCUT2D eigenvalue weighted by Crippen LogP contribution is 2.27. The van der Waals surface area contributed by atoms with Crippen molar-refractivity contribution in [2.45, 2.75) is 6.54 Å². The lowest BCUT2D eigenvalue weighted by Gasteiger charge is -2.20. The molecule has 0 atom stereocenters. The van der Waals surface area contributed by atoms with Crippen molar-refractivity contribution in [3.05, 3.63) is 50.1 Å². The minimum absolute atomic E-state index is 0.239. The summed E-state index contributed by atoms with van der Waals surface area (Å²) in [5.74, 6) is -3.14. The Hall–Kier alpha value is -1.47. The number of carboxylic acid groups (broad SMARTS) is 1. The zero-order chi connectivity index (χ0) is 14.9. The summed E-state index contributed by atoms with van der Waals surface area (Å²) in [4.78, 5) is 12.1. The van der Waals surface area contributed by atoms with E-state index in [1.807, 2.05) is 11.4 Å². The number of hydrogen-bond acceptors (Lipinski definition) is 3. The van der Waals surface area contributed by atoms with Crippen LogP contribution >= 0.6 is 27.3 Å². The second-order valence-electron chi connectivity index (χ2n) is 4.21. The predicted octanol–water partition coefficient (Wildman–Crippen LogP) is 4.12. The molecule has 7 heteroatoms. The Bertz CT molecular complexity index is 637. The van der Waals surface area contributed by atoms with Crippen LogP contribution in [-0.2, 0) is 6.54 Å². The first-order valence-electron chi connectivity index (χ1n) is 5.55. The van der Waals surface area contributed by atoms with Crippen LogP contribution in [0.2, 0.25) is 0 Å². The summed E-state index contributed by atoms with van der Waals surface area (Å²) in [6.07, 6.45) is 0. The number of benzene rings is 1. The predicted molar refractivity (Wildman–Crippen MR) is 77.4 cm³/mol. The highest BCUT2D eigenvalue weighted by atomic mass is 79.9. The van der Waals surface area contributed by atoms with Crippen molar-refractivity contribution in [2.24, 2.45) is 0 Å². The van der Waals surface area contributed by atoms with Gasteiger partial charge in [-0.3, -0.25) is 0 Å². The zero-order valence-corrected chi connectivity index (χ0v) is 12.8. The lowest BCUT2D eigenvalue weighted by atomic mass is 10.1. The van der Waals surface area contributed by atoms with Crippen molar-refractivity contribution >= 4 is 38.9 Å².